The molecule has 0 spiro atoms. The highest BCUT2D eigenvalue weighted by Gasteiger charge is 2.33. The third kappa shape index (κ3) is 3.94. The molecule has 11 heteroatoms. The van der Waals surface area contributed by atoms with E-state index in [4.69, 9.17) is 21.6 Å². The Bertz CT molecular complexity index is 1630. The van der Waals surface area contributed by atoms with Crippen molar-refractivity contribution in [2.75, 3.05) is 22.9 Å². The highest BCUT2D eigenvalue weighted by atomic mass is 35.5. The van der Waals surface area contributed by atoms with Gasteiger partial charge in [-0.1, -0.05) is 17.7 Å². The van der Waals surface area contributed by atoms with Gasteiger partial charge in [0.15, 0.2) is 0 Å². The average molecular weight is 537 g/mol. The number of rotatable bonds is 4. The number of pyridine rings is 1. The minimum Gasteiger partial charge on any atom is -0.477 e. The molecule has 1 saturated carbocycles. The molecule has 38 heavy (non-hydrogen) atoms. The number of carbonyl (C=O) groups is 2. The maximum absolute atomic E-state index is 15.6. The summed E-state index contributed by atoms with van der Waals surface area (Å²) < 4.78 is 22.4. The number of amides is 1. The summed E-state index contributed by atoms with van der Waals surface area (Å²) >= 11 is 6.82. The molecule has 1 amide bonds. The number of cyclic esters (lactones) is 1. The number of nitriles is 1. The predicted octanol–water partition coefficient (Wildman–Crippen LogP) is 4.63. The molecule has 3 heterocycles. The van der Waals surface area contributed by atoms with Gasteiger partial charge in [-0.15, -0.1) is 0 Å². The van der Waals surface area contributed by atoms with Crippen LogP contribution in [0.25, 0.3) is 10.9 Å². The number of halogens is 2. The quantitative estimate of drug-likeness (QED) is 0.517. The molecule has 2 aliphatic heterocycles. The van der Waals surface area contributed by atoms with Crippen LogP contribution in [-0.4, -0.2) is 40.9 Å². The van der Waals surface area contributed by atoms with Crippen LogP contribution < -0.4 is 15.2 Å². The van der Waals surface area contributed by atoms with Crippen LogP contribution in [0.15, 0.2) is 35.3 Å². The fourth-order valence-corrected chi connectivity index (χ4v) is 5.77. The molecule has 3 aliphatic rings. The van der Waals surface area contributed by atoms with E-state index in [1.165, 1.54) is 11.1 Å². The second-order valence-corrected chi connectivity index (χ2v) is 10.2. The number of ether oxygens (including phenoxy) is 1. The van der Waals surface area contributed by atoms with E-state index in [9.17, 15) is 19.5 Å². The normalized spacial score (nSPS) is 19.2. The van der Waals surface area contributed by atoms with E-state index in [0.717, 1.165) is 30.0 Å². The van der Waals surface area contributed by atoms with E-state index in [1.54, 1.807) is 10.6 Å². The highest BCUT2D eigenvalue weighted by molar-refractivity contribution is 6.38. The number of hydrogen-bond acceptors (Lipinski definition) is 6. The van der Waals surface area contributed by atoms with E-state index in [-0.39, 0.29) is 28.7 Å². The lowest BCUT2D eigenvalue weighted by molar-refractivity contribution is 0.0694. The van der Waals surface area contributed by atoms with Crippen LogP contribution >= 0.6 is 11.6 Å². The first kappa shape index (κ1) is 24.2. The number of fused-ring (bicyclic) bond motifs is 2. The fraction of sp³-hybridized carbons (Fsp3) is 0.333. The number of carbonyl (C=O) groups excluding carboxylic acids is 1. The highest BCUT2D eigenvalue weighted by Crippen LogP contribution is 2.43. The summed E-state index contributed by atoms with van der Waals surface area (Å²) in [6.45, 7) is 1.00. The smallest absolute Gasteiger partial charge is 0.415 e. The number of carboxylic acid groups (broad SMARTS) is 1. The molecule has 0 radical (unpaired) electrons. The Labute approximate surface area is 221 Å². The molecule has 2 fully saturated rings. The van der Waals surface area contributed by atoms with Crippen molar-refractivity contribution in [3.05, 3.63) is 68.2 Å². The maximum atomic E-state index is 15.6. The summed E-state index contributed by atoms with van der Waals surface area (Å²) in [4.78, 5) is 40.0. The zero-order valence-electron chi connectivity index (χ0n) is 20.1. The number of benzene rings is 2. The Morgan fingerprint density at radius 1 is 1.21 bits per heavy atom. The number of anilines is 2. The van der Waals surface area contributed by atoms with Crippen LogP contribution in [0.4, 0.5) is 20.6 Å². The molecule has 2 aromatic carbocycles. The Hall–Kier alpha value is -4.10. The number of nitrogens with zero attached hydrogens (tertiary/aromatic N) is 4. The molecule has 9 nitrogen and oxygen atoms in total. The topological polar surface area (TPSA) is 116 Å². The van der Waals surface area contributed by atoms with Crippen molar-refractivity contribution in [3.63, 3.8) is 0 Å². The van der Waals surface area contributed by atoms with E-state index in [2.05, 4.69) is 0 Å². The number of aromatic nitrogens is 1. The lowest BCUT2D eigenvalue weighted by Crippen LogP contribution is -2.26. The largest absolute Gasteiger partial charge is 0.477 e. The van der Waals surface area contributed by atoms with Gasteiger partial charge in [-0.3, -0.25) is 9.69 Å². The van der Waals surface area contributed by atoms with Gasteiger partial charge in [0.1, 0.15) is 17.4 Å². The van der Waals surface area contributed by atoms with Gasteiger partial charge in [0, 0.05) is 31.0 Å². The molecule has 1 aromatic heterocycles. The molecular weight excluding hydrogens is 515 g/mol. The van der Waals surface area contributed by atoms with Crippen LogP contribution in [-0.2, 0) is 17.7 Å². The Morgan fingerprint density at radius 3 is 2.68 bits per heavy atom. The standard InChI is InChI=1S/C27H22ClFN4O5/c28-22-23-19(25(34)20(26(35)36)13-32(23)16-5-6-16)9-21(29)24(22)31-7-1-2-14-8-17(4-3-15(14)11-31)33-12-18(10-30)38-27(33)37/h3-4,8-9,13,16,18H,1-2,5-7,11-12H2,(H,35,36). The second-order valence-electron chi connectivity index (χ2n) is 9.82. The molecule has 1 saturated heterocycles. The number of hydrogen-bond donors (Lipinski definition) is 1. The van der Waals surface area contributed by atoms with Crippen LogP contribution in [0.1, 0.15) is 46.8 Å². The summed E-state index contributed by atoms with van der Waals surface area (Å²) in [6, 6.07) is 8.61. The van der Waals surface area contributed by atoms with Crippen molar-refractivity contribution >= 4 is 45.9 Å². The first-order valence-electron chi connectivity index (χ1n) is 12.3. The molecular formula is C27H22ClFN4O5. The SMILES string of the molecule is N#CC1CN(c2ccc3c(c2)CCCN(c2c(F)cc4c(=O)c(C(=O)O)cn(C5CC5)c4c2Cl)C3)C(=O)O1. The van der Waals surface area contributed by atoms with Crippen molar-refractivity contribution in [2.45, 2.75) is 44.4 Å². The van der Waals surface area contributed by atoms with Crippen molar-refractivity contribution in [2.24, 2.45) is 0 Å². The third-order valence-electron chi connectivity index (χ3n) is 7.36. The molecule has 6 rings (SSSR count). The number of aryl methyl sites for hydroxylation is 1. The third-order valence-corrected chi connectivity index (χ3v) is 7.72. The summed E-state index contributed by atoms with van der Waals surface area (Å²) in [7, 11) is 0. The van der Waals surface area contributed by atoms with Crippen molar-refractivity contribution in [3.8, 4) is 6.07 Å². The second kappa shape index (κ2) is 9.03. The van der Waals surface area contributed by atoms with Crippen LogP contribution in [0.3, 0.4) is 0 Å². The number of aromatic carboxylic acids is 1. The molecule has 1 N–H and O–H groups in total. The molecule has 0 bridgehead atoms. The average Bonchev–Trinajstić information content (AvgIpc) is 3.68. The Kier molecular flexibility index (Phi) is 5.76. The lowest BCUT2D eigenvalue weighted by Gasteiger charge is -2.26. The van der Waals surface area contributed by atoms with Crippen molar-refractivity contribution < 1.29 is 23.8 Å². The summed E-state index contributed by atoms with van der Waals surface area (Å²) in [5, 5.41) is 18.6. The van der Waals surface area contributed by atoms with Crippen LogP contribution in [0.5, 0.6) is 0 Å². The van der Waals surface area contributed by atoms with E-state index in [0.29, 0.717) is 37.1 Å². The minimum absolute atomic E-state index is 0.00759. The van der Waals surface area contributed by atoms with Gasteiger partial charge in [-0.2, -0.15) is 5.26 Å². The van der Waals surface area contributed by atoms with Crippen LogP contribution in [0.2, 0.25) is 5.02 Å². The van der Waals surface area contributed by atoms with Gasteiger partial charge in [0.2, 0.25) is 11.5 Å². The van der Waals surface area contributed by atoms with Gasteiger partial charge in [0.25, 0.3) is 0 Å². The van der Waals surface area contributed by atoms with Gasteiger partial charge >= 0.3 is 12.1 Å². The number of carboxylic acids is 1. The monoisotopic (exact) mass is 536 g/mol. The lowest BCUT2D eigenvalue weighted by atomic mass is 10.0. The van der Waals surface area contributed by atoms with Crippen molar-refractivity contribution in [1.82, 2.24) is 4.57 Å². The van der Waals surface area contributed by atoms with Gasteiger partial charge in [0.05, 0.1) is 28.2 Å². The minimum atomic E-state index is -1.36. The fourth-order valence-electron chi connectivity index (χ4n) is 5.36. The molecule has 1 unspecified atom stereocenters. The molecule has 3 aromatic rings. The maximum Gasteiger partial charge on any atom is 0.415 e. The first-order chi connectivity index (χ1) is 18.3. The Morgan fingerprint density at radius 2 is 2.00 bits per heavy atom. The van der Waals surface area contributed by atoms with Gasteiger partial charge in [-0.05, 0) is 55.0 Å². The Balaban J connectivity index is 1.40. The molecule has 1 atom stereocenters. The van der Waals surface area contributed by atoms with Crippen molar-refractivity contribution in [1.29, 1.82) is 5.26 Å². The van der Waals surface area contributed by atoms with Gasteiger partial charge in [-0.25, -0.2) is 14.0 Å². The summed E-state index contributed by atoms with van der Waals surface area (Å²) in [5.74, 6) is -2.05. The summed E-state index contributed by atoms with van der Waals surface area (Å²) in [6.07, 6.45) is 2.95. The summed E-state index contributed by atoms with van der Waals surface area (Å²) in [5.41, 5.74) is 1.92. The molecule has 1 aliphatic carbocycles. The first-order valence-corrected chi connectivity index (χ1v) is 12.7. The van der Waals surface area contributed by atoms with Crippen LogP contribution in [0, 0.1) is 17.1 Å². The van der Waals surface area contributed by atoms with E-state index < -0.39 is 35.0 Å². The van der Waals surface area contributed by atoms with E-state index >= 15 is 4.39 Å². The zero-order chi connectivity index (χ0) is 26.7. The zero-order valence-corrected chi connectivity index (χ0v) is 20.9. The molecule has 194 valence electrons. The van der Waals surface area contributed by atoms with E-state index in [1.807, 2.05) is 23.1 Å². The predicted molar refractivity (Wildman–Crippen MR) is 137 cm³/mol. The van der Waals surface area contributed by atoms with Gasteiger partial charge < -0.3 is 19.3 Å².